The number of aromatic amines is 1. The lowest BCUT2D eigenvalue weighted by atomic mass is 10.1. The molecule has 7 nitrogen and oxygen atoms in total. The molecule has 1 aliphatic heterocycles. The lowest BCUT2D eigenvalue weighted by Crippen LogP contribution is -2.32. The molecule has 1 amide bonds. The third-order valence-corrected chi connectivity index (χ3v) is 4.51. The van der Waals surface area contributed by atoms with E-state index < -0.39 is 6.10 Å². The Morgan fingerprint density at radius 1 is 1.46 bits per heavy atom. The molecule has 0 spiro atoms. The molecule has 1 aromatic heterocycles. The largest absolute Gasteiger partial charge is 0.376 e. The minimum atomic E-state index is -0.583. The summed E-state index contributed by atoms with van der Waals surface area (Å²) in [6, 6.07) is 7.16. The molecule has 2 atom stereocenters. The van der Waals surface area contributed by atoms with Gasteiger partial charge in [0.15, 0.2) is 0 Å². The first-order chi connectivity index (χ1) is 12.5. The highest BCUT2D eigenvalue weighted by molar-refractivity contribution is 5.94. The normalized spacial score (nSPS) is 18.5. The third-order valence-electron chi connectivity index (χ3n) is 4.51. The molecule has 0 unspecified atom stereocenters. The zero-order valence-electron chi connectivity index (χ0n) is 15.2. The first kappa shape index (κ1) is 18.4. The van der Waals surface area contributed by atoms with Gasteiger partial charge in [-0.25, -0.2) is 4.79 Å². The Balaban J connectivity index is 1.60. The molecule has 1 saturated heterocycles. The number of anilines is 1. The number of hydrogen-bond acceptors (Lipinski definition) is 4. The highest BCUT2D eigenvalue weighted by atomic mass is 16.5. The van der Waals surface area contributed by atoms with Gasteiger partial charge in [0, 0.05) is 24.2 Å². The van der Waals surface area contributed by atoms with E-state index >= 15 is 0 Å². The number of ether oxygens (including phenoxy) is 2. The van der Waals surface area contributed by atoms with E-state index in [1.54, 1.807) is 35.9 Å². The summed E-state index contributed by atoms with van der Waals surface area (Å²) in [6.07, 6.45) is 4.34. The van der Waals surface area contributed by atoms with Gasteiger partial charge in [-0.05, 0) is 51.3 Å². The number of nitrogens with zero attached hydrogens (tertiary/aromatic N) is 1. The molecule has 1 aliphatic rings. The number of H-pyrrole nitrogens is 1. The second-order valence-electron chi connectivity index (χ2n) is 6.57. The summed E-state index contributed by atoms with van der Waals surface area (Å²) < 4.78 is 12.8. The number of hydrogen-bond donors (Lipinski definition) is 2. The van der Waals surface area contributed by atoms with Crippen LogP contribution in [0.1, 0.15) is 31.9 Å². The quantitative estimate of drug-likeness (QED) is 0.829. The predicted octanol–water partition coefficient (Wildman–Crippen LogP) is 2.39. The van der Waals surface area contributed by atoms with Gasteiger partial charge < -0.3 is 19.8 Å². The van der Waals surface area contributed by atoms with Crippen LogP contribution in [0.3, 0.4) is 0 Å². The summed E-state index contributed by atoms with van der Waals surface area (Å²) in [6.45, 7) is 4.75. The van der Waals surface area contributed by atoms with Crippen molar-refractivity contribution < 1.29 is 14.3 Å². The number of imidazole rings is 1. The number of aryl methyl sites for hydroxylation is 1. The molecular weight excluding hydrogens is 334 g/mol. The molecule has 0 aliphatic carbocycles. The van der Waals surface area contributed by atoms with Crippen LogP contribution in [0.15, 0.2) is 35.3 Å². The average molecular weight is 359 g/mol. The number of aromatic nitrogens is 2. The van der Waals surface area contributed by atoms with Crippen molar-refractivity contribution in [3.8, 4) is 5.69 Å². The minimum absolute atomic E-state index is 0.0748. The first-order valence-corrected chi connectivity index (χ1v) is 8.96. The van der Waals surface area contributed by atoms with E-state index in [4.69, 9.17) is 9.47 Å². The summed E-state index contributed by atoms with van der Waals surface area (Å²) in [4.78, 5) is 26.9. The highest BCUT2D eigenvalue weighted by Crippen LogP contribution is 2.16. The molecular formula is C19H25N3O4. The Morgan fingerprint density at radius 3 is 3.00 bits per heavy atom. The van der Waals surface area contributed by atoms with Crippen LogP contribution >= 0.6 is 0 Å². The molecule has 2 heterocycles. The van der Waals surface area contributed by atoms with Gasteiger partial charge in [-0.2, -0.15) is 0 Å². The van der Waals surface area contributed by atoms with Gasteiger partial charge in [0.2, 0.25) is 0 Å². The lowest BCUT2D eigenvalue weighted by Gasteiger charge is -2.24. The van der Waals surface area contributed by atoms with Crippen LogP contribution in [0.25, 0.3) is 5.69 Å². The fraction of sp³-hybridized carbons (Fsp3) is 0.474. The van der Waals surface area contributed by atoms with Crippen LogP contribution in [-0.4, -0.2) is 40.9 Å². The SMILES string of the molecule is Cc1c[nH]c(=O)n1-c1cccc(NC(=O)[C@H](C)OC[C@H]2CCCCO2)c1. The van der Waals surface area contributed by atoms with E-state index in [0.29, 0.717) is 18.0 Å². The topological polar surface area (TPSA) is 85.4 Å². The number of carbonyl (C=O) groups is 1. The first-order valence-electron chi connectivity index (χ1n) is 8.96. The van der Waals surface area contributed by atoms with Crippen molar-refractivity contribution in [2.45, 2.75) is 45.3 Å². The van der Waals surface area contributed by atoms with Crippen molar-refractivity contribution in [2.75, 3.05) is 18.5 Å². The van der Waals surface area contributed by atoms with Crippen molar-refractivity contribution in [3.05, 3.63) is 46.6 Å². The van der Waals surface area contributed by atoms with Crippen LogP contribution in [0, 0.1) is 6.92 Å². The van der Waals surface area contributed by atoms with Crippen LogP contribution in [0.5, 0.6) is 0 Å². The van der Waals surface area contributed by atoms with Crippen molar-refractivity contribution in [1.82, 2.24) is 9.55 Å². The smallest absolute Gasteiger partial charge is 0.330 e. The summed E-state index contributed by atoms with van der Waals surface area (Å²) in [5.41, 5.74) is 1.89. The van der Waals surface area contributed by atoms with E-state index in [-0.39, 0.29) is 17.7 Å². The third kappa shape index (κ3) is 4.42. The van der Waals surface area contributed by atoms with E-state index in [9.17, 15) is 9.59 Å². The molecule has 0 radical (unpaired) electrons. The number of amides is 1. The Hall–Kier alpha value is -2.38. The van der Waals surface area contributed by atoms with Crippen LogP contribution in [0.4, 0.5) is 5.69 Å². The predicted molar refractivity (Wildman–Crippen MR) is 98.8 cm³/mol. The second kappa shape index (κ2) is 8.33. The standard InChI is InChI=1S/C19H25N3O4/c1-13-11-20-19(24)22(13)16-7-5-6-15(10-16)21-18(23)14(2)26-12-17-8-3-4-9-25-17/h5-7,10-11,14,17H,3-4,8-9,12H2,1-2H3,(H,20,24)(H,21,23)/t14-,17+/m0/s1. The molecule has 7 heteroatoms. The highest BCUT2D eigenvalue weighted by Gasteiger charge is 2.19. The average Bonchev–Trinajstić information content (AvgIpc) is 2.99. The van der Waals surface area contributed by atoms with Crippen LogP contribution in [-0.2, 0) is 14.3 Å². The maximum Gasteiger partial charge on any atom is 0.330 e. The second-order valence-corrected chi connectivity index (χ2v) is 6.57. The zero-order valence-corrected chi connectivity index (χ0v) is 15.2. The van der Waals surface area contributed by atoms with Gasteiger partial charge in [-0.3, -0.25) is 9.36 Å². The van der Waals surface area contributed by atoms with E-state index in [2.05, 4.69) is 10.3 Å². The molecule has 140 valence electrons. The summed E-state index contributed by atoms with van der Waals surface area (Å²) in [5, 5.41) is 2.84. The molecule has 3 rings (SSSR count). The zero-order chi connectivity index (χ0) is 18.5. The van der Waals surface area contributed by atoms with Crippen LogP contribution < -0.4 is 11.0 Å². The Bertz CT molecular complexity index is 805. The summed E-state index contributed by atoms with van der Waals surface area (Å²) >= 11 is 0. The maximum atomic E-state index is 12.4. The minimum Gasteiger partial charge on any atom is -0.376 e. The van der Waals surface area contributed by atoms with Gasteiger partial charge in [0.1, 0.15) is 6.10 Å². The molecule has 0 saturated carbocycles. The molecule has 26 heavy (non-hydrogen) atoms. The van der Waals surface area contributed by atoms with E-state index in [1.807, 2.05) is 13.0 Å². The summed E-state index contributed by atoms with van der Waals surface area (Å²) in [5.74, 6) is -0.226. The van der Waals surface area contributed by atoms with Gasteiger partial charge in [-0.15, -0.1) is 0 Å². The Kier molecular flexibility index (Phi) is 5.90. The van der Waals surface area contributed by atoms with Gasteiger partial charge in [-0.1, -0.05) is 6.07 Å². The molecule has 0 bridgehead atoms. The Labute approximate surface area is 152 Å². The Morgan fingerprint density at radius 2 is 2.31 bits per heavy atom. The van der Waals surface area contributed by atoms with E-state index in [0.717, 1.165) is 31.6 Å². The maximum absolute atomic E-state index is 12.4. The fourth-order valence-corrected chi connectivity index (χ4v) is 3.01. The molecule has 1 fully saturated rings. The number of carbonyl (C=O) groups excluding carboxylic acids is 1. The molecule has 2 N–H and O–H groups in total. The van der Waals surface area contributed by atoms with Crippen LogP contribution in [0.2, 0.25) is 0 Å². The number of rotatable bonds is 6. The lowest BCUT2D eigenvalue weighted by molar-refractivity contribution is -0.130. The van der Waals surface area contributed by atoms with Crippen molar-refractivity contribution in [1.29, 1.82) is 0 Å². The van der Waals surface area contributed by atoms with E-state index in [1.165, 1.54) is 0 Å². The molecule has 2 aromatic rings. The van der Waals surface area contributed by atoms with Crippen molar-refractivity contribution >= 4 is 11.6 Å². The van der Waals surface area contributed by atoms with Crippen molar-refractivity contribution in [3.63, 3.8) is 0 Å². The number of nitrogens with one attached hydrogen (secondary N) is 2. The van der Waals surface area contributed by atoms with Crippen molar-refractivity contribution in [2.24, 2.45) is 0 Å². The fourth-order valence-electron chi connectivity index (χ4n) is 3.01. The van der Waals surface area contributed by atoms with Gasteiger partial charge >= 0.3 is 5.69 Å². The number of benzene rings is 1. The summed E-state index contributed by atoms with van der Waals surface area (Å²) in [7, 11) is 0. The molecule has 1 aromatic carbocycles. The van der Waals surface area contributed by atoms with Gasteiger partial charge in [0.05, 0.1) is 18.4 Å². The van der Waals surface area contributed by atoms with Gasteiger partial charge in [0.25, 0.3) is 5.91 Å². The monoisotopic (exact) mass is 359 g/mol.